The van der Waals surface area contributed by atoms with Crippen LogP contribution in [0.3, 0.4) is 0 Å². The lowest BCUT2D eigenvalue weighted by molar-refractivity contribution is -0.129. The van der Waals surface area contributed by atoms with Crippen LogP contribution in [0.4, 0.5) is 0 Å². The zero-order chi connectivity index (χ0) is 22.4. The lowest BCUT2D eigenvalue weighted by Gasteiger charge is -2.37. The highest BCUT2D eigenvalue weighted by Gasteiger charge is 2.44. The van der Waals surface area contributed by atoms with Crippen LogP contribution in [0, 0.1) is 6.92 Å². The Morgan fingerprint density at radius 2 is 1.90 bits per heavy atom. The van der Waals surface area contributed by atoms with Gasteiger partial charge in [-0.05, 0) is 48.4 Å². The number of likely N-dealkylation sites (tertiary alicyclic amines) is 1. The van der Waals surface area contributed by atoms with Crippen molar-refractivity contribution in [1.82, 2.24) is 9.88 Å². The molecule has 31 heavy (non-hydrogen) atoms. The maximum atomic E-state index is 12.6. The Morgan fingerprint density at radius 1 is 1.23 bits per heavy atom. The molecule has 0 radical (unpaired) electrons. The maximum absolute atomic E-state index is 12.6. The van der Waals surface area contributed by atoms with Crippen molar-refractivity contribution in [3.63, 3.8) is 0 Å². The van der Waals surface area contributed by atoms with Crippen molar-refractivity contribution in [2.75, 3.05) is 13.1 Å². The van der Waals surface area contributed by atoms with Gasteiger partial charge in [-0.1, -0.05) is 21.1 Å². The van der Waals surface area contributed by atoms with Crippen LogP contribution < -0.4 is 5.73 Å². The number of carbonyl (C=O) groups is 2. The summed E-state index contributed by atoms with van der Waals surface area (Å²) in [4.78, 5) is 34.6. The molecule has 9 heteroatoms. The van der Waals surface area contributed by atoms with Gasteiger partial charge < -0.3 is 20.6 Å². The van der Waals surface area contributed by atoms with Crippen LogP contribution in [0.15, 0.2) is 52.4 Å². The molecule has 1 fully saturated rings. The molecule has 0 saturated carbocycles. The normalized spacial score (nSPS) is 16.7. The van der Waals surface area contributed by atoms with Crippen LogP contribution in [0.25, 0.3) is 0 Å². The number of nitrogens with zero attached hydrogens (tertiary/aromatic N) is 3. The minimum atomic E-state index is -1.04. The highest BCUT2D eigenvalue weighted by atomic mass is 79.9. The van der Waals surface area contributed by atoms with Crippen molar-refractivity contribution in [3.8, 4) is 0 Å². The van der Waals surface area contributed by atoms with E-state index in [4.69, 9.17) is 15.7 Å². The van der Waals surface area contributed by atoms with E-state index in [0.29, 0.717) is 44.5 Å². The molecule has 1 aromatic carbocycles. The molecule has 2 aliphatic heterocycles. The van der Waals surface area contributed by atoms with Gasteiger partial charge in [-0.3, -0.25) is 9.78 Å². The van der Waals surface area contributed by atoms with E-state index in [1.165, 1.54) is 0 Å². The molecule has 1 amide bonds. The van der Waals surface area contributed by atoms with Crippen LogP contribution in [0.2, 0.25) is 0 Å². The van der Waals surface area contributed by atoms with E-state index in [1.54, 1.807) is 17.3 Å². The fraction of sp³-hybridized carbons (Fsp3) is 0.364. The zero-order valence-corrected chi connectivity index (χ0v) is 18.8. The summed E-state index contributed by atoms with van der Waals surface area (Å²) in [7, 11) is 0. The molecular formula is C22H25BrN4O4. The Balaban J connectivity index is 0.000000287. The quantitative estimate of drug-likeness (QED) is 0.684. The first-order valence-electron chi connectivity index (χ1n) is 9.96. The van der Waals surface area contributed by atoms with Gasteiger partial charge in [-0.25, -0.2) is 4.79 Å². The molecule has 2 aromatic rings. The summed E-state index contributed by atoms with van der Waals surface area (Å²) in [6.45, 7) is 3.62. The van der Waals surface area contributed by atoms with Gasteiger partial charge in [0.2, 0.25) is 0 Å². The van der Waals surface area contributed by atoms with Crippen LogP contribution in [0.5, 0.6) is 0 Å². The Morgan fingerprint density at radius 3 is 2.42 bits per heavy atom. The third-order valence-electron chi connectivity index (χ3n) is 5.44. The SMILES string of the molecule is Cc1cc(C(=O)N2CCC3(CC2)CC(C(=O)O)=NO3)ccc1Br.NCc1ccncc1. The molecule has 0 atom stereocenters. The summed E-state index contributed by atoms with van der Waals surface area (Å²) in [5.41, 5.74) is 7.63. The number of carbonyl (C=O) groups excluding carboxylic acids is 1. The van der Waals surface area contributed by atoms with Crippen LogP contribution in [0.1, 0.15) is 40.7 Å². The number of pyridine rings is 1. The molecule has 0 bridgehead atoms. The molecule has 1 saturated heterocycles. The standard InChI is InChI=1S/C16H17BrN2O4.C6H8N2/c1-10-8-11(2-3-12(10)17)14(20)19-6-4-16(5-7-19)9-13(15(21)22)18-23-16;7-5-6-1-3-8-4-2-6/h2-3,8H,4-7,9H2,1H3,(H,21,22);1-4H,5,7H2. The van der Waals surface area contributed by atoms with Gasteiger partial charge in [0.15, 0.2) is 5.71 Å². The summed E-state index contributed by atoms with van der Waals surface area (Å²) >= 11 is 3.43. The summed E-state index contributed by atoms with van der Waals surface area (Å²) < 4.78 is 0.976. The van der Waals surface area contributed by atoms with Gasteiger partial charge in [0.1, 0.15) is 5.60 Å². The highest BCUT2D eigenvalue weighted by molar-refractivity contribution is 9.10. The number of hydrogen-bond acceptors (Lipinski definition) is 6. The predicted octanol–water partition coefficient (Wildman–Crippen LogP) is 3.13. The molecular weight excluding hydrogens is 464 g/mol. The van der Waals surface area contributed by atoms with Gasteiger partial charge in [-0.2, -0.15) is 0 Å². The van der Waals surface area contributed by atoms with Gasteiger partial charge in [0, 0.05) is 61.3 Å². The number of aliphatic carboxylic acids is 1. The van der Waals surface area contributed by atoms with E-state index < -0.39 is 11.6 Å². The van der Waals surface area contributed by atoms with Crippen molar-refractivity contribution >= 4 is 33.5 Å². The number of oxime groups is 1. The third-order valence-corrected chi connectivity index (χ3v) is 6.33. The van der Waals surface area contributed by atoms with Crippen molar-refractivity contribution in [3.05, 3.63) is 63.9 Å². The number of rotatable bonds is 3. The monoisotopic (exact) mass is 488 g/mol. The van der Waals surface area contributed by atoms with E-state index in [1.807, 2.05) is 37.3 Å². The number of hydrogen-bond donors (Lipinski definition) is 2. The first-order chi connectivity index (χ1) is 14.8. The molecule has 0 unspecified atom stereocenters. The zero-order valence-electron chi connectivity index (χ0n) is 17.3. The van der Waals surface area contributed by atoms with Gasteiger partial charge in [0.25, 0.3) is 5.91 Å². The van der Waals surface area contributed by atoms with Gasteiger partial charge in [0.05, 0.1) is 0 Å². The van der Waals surface area contributed by atoms with Crippen molar-refractivity contribution < 1.29 is 19.5 Å². The number of aryl methyl sites for hydroxylation is 1. The number of amides is 1. The number of carboxylic acid groups (broad SMARTS) is 1. The smallest absolute Gasteiger partial charge is 0.353 e. The number of nitrogens with two attached hydrogens (primary N) is 1. The van der Waals surface area contributed by atoms with Crippen LogP contribution in [-0.2, 0) is 16.2 Å². The minimum absolute atomic E-state index is 0.00665. The molecule has 2 aliphatic rings. The summed E-state index contributed by atoms with van der Waals surface area (Å²) in [6.07, 6.45) is 4.97. The second-order valence-electron chi connectivity index (χ2n) is 7.61. The second kappa shape index (κ2) is 10.0. The average molecular weight is 489 g/mol. The molecule has 1 spiro atoms. The Hall–Kier alpha value is -2.78. The van der Waals surface area contributed by atoms with Crippen molar-refractivity contribution in [2.24, 2.45) is 10.9 Å². The summed E-state index contributed by atoms with van der Waals surface area (Å²) in [6, 6.07) is 9.36. The topological polar surface area (TPSA) is 118 Å². The van der Waals surface area contributed by atoms with Gasteiger partial charge in [-0.15, -0.1) is 0 Å². The molecule has 3 N–H and O–H groups in total. The minimum Gasteiger partial charge on any atom is -0.477 e. The maximum Gasteiger partial charge on any atom is 0.353 e. The molecule has 3 heterocycles. The molecule has 164 valence electrons. The Labute approximate surface area is 189 Å². The van der Waals surface area contributed by atoms with E-state index in [-0.39, 0.29) is 11.6 Å². The first kappa shape index (κ1) is 22.9. The van der Waals surface area contributed by atoms with E-state index >= 15 is 0 Å². The molecule has 0 aliphatic carbocycles. The predicted molar refractivity (Wildman–Crippen MR) is 120 cm³/mol. The fourth-order valence-electron chi connectivity index (χ4n) is 3.50. The largest absolute Gasteiger partial charge is 0.477 e. The Kier molecular flexibility index (Phi) is 7.40. The summed E-state index contributed by atoms with van der Waals surface area (Å²) in [5.74, 6) is -1.04. The van der Waals surface area contributed by atoms with Crippen molar-refractivity contribution in [2.45, 2.75) is 38.3 Å². The van der Waals surface area contributed by atoms with E-state index in [2.05, 4.69) is 26.1 Å². The van der Waals surface area contributed by atoms with Crippen LogP contribution in [-0.4, -0.2) is 51.3 Å². The number of halogens is 1. The summed E-state index contributed by atoms with van der Waals surface area (Å²) in [5, 5.41) is 12.7. The fourth-order valence-corrected chi connectivity index (χ4v) is 3.75. The Bertz CT molecular complexity index is 973. The number of carboxylic acids is 1. The third kappa shape index (κ3) is 5.68. The van der Waals surface area contributed by atoms with Crippen LogP contribution >= 0.6 is 15.9 Å². The lowest BCUT2D eigenvalue weighted by atomic mass is 9.86. The van der Waals surface area contributed by atoms with E-state index in [9.17, 15) is 9.59 Å². The van der Waals surface area contributed by atoms with Gasteiger partial charge >= 0.3 is 5.97 Å². The molecule has 8 nitrogen and oxygen atoms in total. The lowest BCUT2D eigenvalue weighted by Crippen LogP contribution is -2.47. The number of benzene rings is 1. The number of aromatic nitrogens is 1. The van der Waals surface area contributed by atoms with Crippen molar-refractivity contribution in [1.29, 1.82) is 0 Å². The first-order valence-corrected chi connectivity index (χ1v) is 10.8. The number of piperidine rings is 1. The average Bonchev–Trinajstić information content (AvgIpc) is 3.20. The molecule has 1 aromatic heterocycles. The second-order valence-corrected chi connectivity index (χ2v) is 8.46. The van der Waals surface area contributed by atoms with E-state index in [0.717, 1.165) is 15.6 Å². The highest BCUT2D eigenvalue weighted by Crippen LogP contribution is 2.35. The molecule has 4 rings (SSSR count).